The molecule has 2 atom stereocenters. The molecule has 8 heteroatoms. The third kappa shape index (κ3) is 4.14. The Hall–Kier alpha value is -2.58. The number of benzene rings is 1. The molecule has 0 saturated carbocycles. The number of non-ortho nitro benzene ring substituents is 1. The number of nitrogens with zero attached hydrogens (tertiary/aromatic N) is 4. The largest absolute Gasteiger partial charge is 0.393 e. The second-order valence-electron chi connectivity index (χ2n) is 6.50. The SMILES string of the molecule is Cc1cc(N2CCOCC2CC(C)O)nc(-c2ccc([N+](=O)[O-])cc2)n1. The molecule has 26 heavy (non-hydrogen) atoms. The summed E-state index contributed by atoms with van der Waals surface area (Å²) in [6.07, 6.45) is 0.164. The van der Waals surface area contributed by atoms with Gasteiger partial charge in [0.2, 0.25) is 0 Å². The zero-order valence-corrected chi connectivity index (χ0v) is 14.8. The minimum absolute atomic E-state index is 0.0341. The molecular weight excluding hydrogens is 336 g/mol. The lowest BCUT2D eigenvalue weighted by atomic mass is 10.1. The summed E-state index contributed by atoms with van der Waals surface area (Å²) in [7, 11) is 0. The Balaban J connectivity index is 1.92. The summed E-state index contributed by atoms with van der Waals surface area (Å²) >= 11 is 0. The van der Waals surface area contributed by atoms with Crippen LogP contribution in [-0.4, -0.2) is 51.9 Å². The van der Waals surface area contributed by atoms with Crippen LogP contribution in [0.3, 0.4) is 0 Å². The average molecular weight is 358 g/mol. The van der Waals surface area contributed by atoms with Gasteiger partial charge in [-0.3, -0.25) is 10.1 Å². The molecule has 0 amide bonds. The summed E-state index contributed by atoms with van der Waals surface area (Å²) in [6, 6.07) is 8.17. The first kappa shape index (κ1) is 18.2. The van der Waals surface area contributed by atoms with E-state index in [1.165, 1.54) is 12.1 Å². The van der Waals surface area contributed by atoms with Gasteiger partial charge in [-0.1, -0.05) is 0 Å². The molecular formula is C18H22N4O4. The van der Waals surface area contributed by atoms with Gasteiger partial charge in [-0.25, -0.2) is 9.97 Å². The Morgan fingerprint density at radius 1 is 1.38 bits per heavy atom. The van der Waals surface area contributed by atoms with E-state index < -0.39 is 11.0 Å². The van der Waals surface area contributed by atoms with E-state index in [1.807, 2.05) is 13.0 Å². The molecule has 2 heterocycles. The molecule has 0 spiro atoms. The van der Waals surface area contributed by atoms with Gasteiger partial charge in [-0.2, -0.15) is 0 Å². The molecule has 0 bridgehead atoms. The van der Waals surface area contributed by atoms with E-state index in [0.717, 1.165) is 17.1 Å². The molecule has 1 aromatic carbocycles. The molecule has 3 rings (SSSR count). The number of nitro groups is 1. The highest BCUT2D eigenvalue weighted by Crippen LogP contribution is 2.25. The second-order valence-corrected chi connectivity index (χ2v) is 6.50. The number of aromatic nitrogens is 2. The van der Waals surface area contributed by atoms with Crippen molar-refractivity contribution in [3.05, 3.63) is 46.1 Å². The van der Waals surface area contributed by atoms with E-state index in [0.29, 0.717) is 32.0 Å². The van der Waals surface area contributed by atoms with Gasteiger partial charge >= 0.3 is 0 Å². The van der Waals surface area contributed by atoms with Crippen molar-refractivity contribution in [2.45, 2.75) is 32.4 Å². The molecule has 2 aromatic rings. The quantitative estimate of drug-likeness (QED) is 0.646. The highest BCUT2D eigenvalue weighted by molar-refractivity contribution is 5.60. The lowest BCUT2D eigenvalue weighted by molar-refractivity contribution is -0.384. The number of rotatable bonds is 5. The maximum absolute atomic E-state index is 10.8. The maximum atomic E-state index is 10.8. The standard InChI is InChI=1S/C18H22N4O4/c1-12-9-17(21-7-8-26-11-16(21)10-13(2)23)20-18(19-12)14-3-5-15(6-4-14)22(24)25/h3-6,9,13,16,23H,7-8,10-11H2,1-2H3. The number of aliphatic hydroxyl groups is 1. The van der Waals surface area contributed by atoms with Crippen molar-refractivity contribution in [3.8, 4) is 11.4 Å². The highest BCUT2D eigenvalue weighted by atomic mass is 16.6. The molecule has 2 unspecified atom stereocenters. The molecule has 0 aliphatic carbocycles. The van der Waals surface area contributed by atoms with Crippen molar-refractivity contribution in [3.63, 3.8) is 0 Å². The molecule has 1 saturated heterocycles. The van der Waals surface area contributed by atoms with Crippen LogP contribution in [0.1, 0.15) is 19.0 Å². The van der Waals surface area contributed by atoms with Crippen molar-refractivity contribution in [2.75, 3.05) is 24.7 Å². The van der Waals surface area contributed by atoms with Crippen molar-refractivity contribution in [1.29, 1.82) is 0 Å². The first-order valence-electron chi connectivity index (χ1n) is 8.57. The van der Waals surface area contributed by atoms with Gasteiger partial charge in [0.05, 0.1) is 30.3 Å². The van der Waals surface area contributed by atoms with E-state index >= 15 is 0 Å². The number of aryl methyl sites for hydroxylation is 1. The predicted molar refractivity (Wildman–Crippen MR) is 97.1 cm³/mol. The molecule has 1 aliphatic heterocycles. The summed E-state index contributed by atoms with van der Waals surface area (Å²) in [4.78, 5) is 21.7. The van der Waals surface area contributed by atoms with Gasteiger partial charge in [0.25, 0.3) is 5.69 Å². The Morgan fingerprint density at radius 3 is 2.77 bits per heavy atom. The molecule has 1 fully saturated rings. The third-order valence-electron chi connectivity index (χ3n) is 4.31. The summed E-state index contributed by atoms with van der Waals surface area (Å²) in [6.45, 7) is 5.49. The lowest BCUT2D eigenvalue weighted by Crippen LogP contribution is -2.47. The lowest BCUT2D eigenvalue weighted by Gasteiger charge is -2.37. The number of aliphatic hydroxyl groups excluding tert-OH is 1. The van der Waals surface area contributed by atoms with E-state index in [1.54, 1.807) is 19.1 Å². The number of nitro benzene ring substituents is 1. The Labute approximate surface area is 151 Å². The van der Waals surface area contributed by atoms with Crippen molar-refractivity contribution in [2.24, 2.45) is 0 Å². The van der Waals surface area contributed by atoms with Crippen LogP contribution in [0.4, 0.5) is 11.5 Å². The van der Waals surface area contributed by atoms with Crippen molar-refractivity contribution >= 4 is 11.5 Å². The molecule has 1 aliphatic rings. The zero-order chi connectivity index (χ0) is 18.7. The van der Waals surface area contributed by atoms with Gasteiger partial charge in [-0.05, 0) is 32.4 Å². The third-order valence-corrected chi connectivity index (χ3v) is 4.31. The van der Waals surface area contributed by atoms with Gasteiger partial charge in [0.1, 0.15) is 5.82 Å². The van der Waals surface area contributed by atoms with E-state index in [4.69, 9.17) is 4.74 Å². The number of morpholine rings is 1. The monoisotopic (exact) mass is 358 g/mol. The van der Waals surface area contributed by atoms with Crippen LogP contribution in [0.5, 0.6) is 0 Å². The van der Waals surface area contributed by atoms with Crippen LogP contribution in [-0.2, 0) is 4.74 Å². The summed E-state index contributed by atoms with van der Waals surface area (Å²) in [5.41, 5.74) is 1.57. The van der Waals surface area contributed by atoms with E-state index in [9.17, 15) is 15.2 Å². The Bertz CT molecular complexity index is 779. The van der Waals surface area contributed by atoms with Crippen LogP contribution >= 0.6 is 0 Å². The number of hydrogen-bond donors (Lipinski definition) is 1. The second kappa shape index (κ2) is 7.76. The Kier molecular flexibility index (Phi) is 5.43. The van der Waals surface area contributed by atoms with Gasteiger partial charge < -0.3 is 14.7 Å². The number of hydrogen-bond acceptors (Lipinski definition) is 7. The normalized spacial score (nSPS) is 18.6. The topological polar surface area (TPSA) is 102 Å². The average Bonchev–Trinajstić information content (AvgIpc) is 2.61. The molecule has 1 N–H and O–H groups in total. The molecule has 8 nitrogen and oxygen atoms in total. The zero-order valence-electron chi connectivity index (χ0n) is 14.8. The number of anilines is 1. The fourth-order valence-corrected chi connectivity index (χ4v) is 3.11. The Morgan fingerprint density at radius 2 is 2.12 bits per heavy atom. The van der Waals surface area contributed by atoms with Crippen LogP contribution in [0.15, 0.2) is 30.3 Å². The van der Waals surface area contributed by atoms with Crippen LogP contribution < -0.4 is 4.90 Å². The van der Waals surface area contributed by atoms with Crippen LogP contribution in [0, 0.1) is 17.0 Å². The van der Waals surface area contributed by atoms with Crippen LogP contribution in [0.2, 0.25) is 0 Å². The summed E-state index contributed by atoms with van der Waals surface area (Å²) < 4.78 is 5.56. The fourth-order valence-electron chi connectivity index (χ4n) is 3.11. The summed E-state index contributed by atoms with van der Waals surface area (Å²) in [5.74, 6) is 1.30. The molecule has 0 radical (unpaired) electrons. The molecule has 138 valence electrons. The minimum atomic E-state index is -0.430. The van der Waals surface area contributed by atoms with Crippen molar-refractivity contribution in [1.82, 2.24) is 9.97 Å². The fraction of sp³-hybridized carbons (Fsp3) is 0.444. The van der Waals surface area contributed by atoms with Crippen molar-refractivity contribution < 1.29 is 14.8 Å². The number of ether oxygens (including phenoxy) is 1. The first-order chi connectivity index (χ1) is 12.4. The predicted octanol–water partition coefficient (Wildman–Crippen LogP) is 2.34. The van der Waals surface area contributed by atoms with Crippen LogP contribution in [0.25, 0.3) is 11.4 Å². The summed E-state index contributed by atoms with van der Waals surface area (Å²) in [5, 5.41) is 20.6. The minimum Gasteiger partial charge on any atom is -0.393 e. The molecule has 1 aromatic heterocycles. The van der Waals surface area contributed by atoms with E-state index in [-0.39, 0.29) is 11.7 Å². The van der Waals surface area contributed by atoms with Gasteiger partial charge in [-0.15, -0.1) is 0 Å². The first-order valence-corrected chi connectivity index (χ1v) is 8.57. The van der Waals surface area contributed by atoms with Gasteiger partial charge in [0.15, 0.2) is 5.82 Å². The maximum Gasteiger partial charge on any atom is 0.269 e. The smallest absolute Gasteiger partial charge is 0.269 e. The highest BCUT2D eigenvalue weighted by Gasteiger charge is 2.26. The van der Waals surface area contributed by atoms with E-state index in [2.05, 4.69) is 14.9 Å². The van der Waals surface area contributed by atoms with Gasteiger partial charge in [0, 0.05) is 36.0 Å².